The molecule has 2 aromatic rings. The second-order valence-electron chi connectivity index (χ2n) is 7.49. The third kappa shape index (κ3) is 4.56. The molecular weight excluding hydrogens is 360 g/mol. The van der Waals surface area contributed by atoms with Crippen LogP contribution in [-0.2, 0) is 4.79 Å². The summed E-state index contributed by atoms with van der Waals surface area (Å²) in [4.78, 5) is 18.4. The molecule has 0 aliphatic carbocycles. The molecule has 2 aromatic carbocycles. The molecule has 1 amide bonds. The zero-order valence-corrected chi connectivity index (χ0v) is 16.6. The molecule has 1 fully saturated rings. The SMILES string of the molecule is CC(C(=O)N(C)C)N1CCN(C(c2ccc(F)cc2)c2ccc(F)cc2)CC1. The van der Waals surface area contributed by atoms with Gasteiger partial charge >= 0.3 is 0 Å². The third-order valence-corrected chi connectivity index (χ3v) is 5.43. The Morgan fingerprint density at radius 2 is 1.21 bits per heavy atom. The van der Waals surface area contributed by atoms with E-state index in [2.05, 4.69) is 9.80 Å². The van der Waals surface area contributed by atoms with Gasteiger partial charge in [-0.05, 0) is 42.3 Å². The van der Waals surface area contributed by atoms with Crippen LogP contribution in [0.3, 0.4) is 0 Å². The second kappa shape index (κ2) is 8.80. The van der Waals surface area contributed by atoms with Crippen molar-refractivity contribution in [3.05, 3.63) is 71.3 Å². The molecule has 4 nitrogen and oxygen atoms in total. The molecule has 3 rings (SSSR count). The number of halogens is 2. The Balaban J connectivity index is 1.79. The first-order chi connectivity index (χ1) is 13.4. The van der Waals surface area contributed by atoms with Crippen molar-refractivity contribution in [3.63, 3.8) is 0 Å². The highest BCUT2D eigenvalue weighted by atomic mass is 19.1. The van der Waals surface area contributed by atoms with E-state index in [9.17, 15) is 13.6 Å². The van der Waals surface area contributed by atoms with Crippen LogP contribution < -0.4 is 0 Å². The van der Waals surface area contributed by atoms with Gasteiger partial charge in [0.15, 0.2) is 0 Å². The lowest BCUT2D eigenvalue weighted by Crippen LogP contribution is -2.54. The molecule has 0 saturated carbocycles. The van der Waals surface area contributed by atoms with Gasteiger partial charge in [0.05, 0.1) is 12.1 Å². The van der Waals surface area contributed by atoms with E-state index in [1.54, 1.807) is 43.3 Å². The van der Waals surface area contributed by atoms with Crippen LogP contribution in [0.15, 0.2) is 48.5 Å². The summed E-state index contributed by atoms with van der Waals surface area (Å²) in [6.45, 7) is 5.00. The summed E-state index contributed by atoms with van der Waals surface area (Å²) in [6, 6.07) is 12.7. The van der Waals surface area contributed by atoms with Gasteiger partial charge in [-0.2, -0.15) is 0 Å². The normalized spacial score (nSPS) is 16.9. The van der Waals surface area contributed by atoms with Crippen LogP contribution in [0.25, 0.3) is 0 Å². The minimum Gasteiger partial charge on any atom is -0.347 e. The van der Waals surface area contributed by atoms with E-state index in [0.29, 0.717) is 0 Å². The third-order valence-electron chi connectivity index (χ3n) is 5.43. The smallest absolute Gasteiger partial charge is 0.239 e. The van der Waals surface area contributed by atoms with Crippen LogP contribution in [0, 0.1) is 11.6 Å². The van der Waals surface area contributed by atoms with Gasteiger partial charge in [0.25, 0.3) is 0 Å². The molecule has 0 spiro atoms. The highest BCUT2D eigenvalue weighted by molar-refractivity contribution is 5.80. The average Bonchev–Trinajstić information content (AvgIpc) is 2.70. The fraction of sp³-hybridized carbons (Fsp3) is 0.409. The summed E-state index contributed by atoms with van der Waals surface area (Å²) in [7, 11) is 3.54. The molecule has 6 heteroatoms. The highest BCUT2D eigenvalue weighted by Crippen LogP contribution is 2.30. The van der Waals surface area contributed by atoms with Crippen LogP contribution >= 0.6 is 0 Å². The largest absolute Gasteiger partial charge is 0.347 e. The first-order valence-corrected chi connectivity index (χ1v) is 9.57. The van der Waals surface area contributed by atoms with E-state index in [1.165, 1.54) is 24.3 Å². The second-order valence-corrected chi connectivity index (χ2v) is 7.49. The molecule has 1 atom stereocenters. The Bertz CT molecular complexity index is 739. The number of hydrogen-bond donors (Lipinski definition) is 0. The topological polar surface area (TPSA) is 26.8 Å². The van der Waals surface area contributed by atoms with Gasteiger partial charge in [-0.3, -0.25) is 14.6 Å². The van der Waals surface area contributed by atoms with Crippen LogP contribution in [0.1, 0.15) is 24.1 Å². The van der Waals surface area contributed by atoms with E-state index < -0.39 is 0 Å². The lowest BCUT2D eigenvalue weighted by Gasteiger charge is -2.41. The van der Waals surface area contributed by atoms with Gasteiger partial charge in [0.2, 0.25) is 5.91 Å². The summed E-state index contributed by atoms with van der Waals surface area (Å²) in [5, 5.41) is 0. The van der Waals surface area contributed by atoms with E-state index in [1.807, 2.05) is 6.92 Å². The maximum Gasteiger partial charge on any atom is 0.239 e. The number of piperazine rings is 1. The fourth-order valence-corrected chi connectivity index (χ4v) is 3.82. The first kappa shape index (κ1) is 20.4. The summed E-state index contributed by atoms with van der Waals surface area (Å²) in [5.74, 6) is -0.452. The predicted octanol–water partition coefficient (Wildman–Crippen LogP) is 3.15. The number of nitrogens with zero attached hydrogens (tertiary/aromatic N) is 3. The summed E-state index contributed by atoms with van der Waals surface area (Å²) in [5.41, 5.74) is 1.94. The Morgan fingerprint density at radius 3 is 1.61 bits per heavy atom. The van der Waals surface area contributed by atoms with Gasteiger partial charge in [-0.25, -0.2) is 8.78 Å². The van der Waals surface area contributed by atoms with E-state index in [0.717, 1.165) is 37.3 Å². The van der Waals surface area contributed by atoms with Gasteiger partial charge in [-0.1, -0.05) is 24.3 Å². The monoisotopic (exact) mass is 387 g/mol. The Hall–Kier alpha value is -2.31. The van der Waals surface area contributed by atoms with Crippen molar-refractivity contribution in [2.75, 3.05) is 40.3 Å². The minimum absolute atomic E-state index is 0.0804. The van der Waals surface area contributed by atoms with Crippen molar-refractivity contribution in [1.29, 1.82) is 0 Å². The van der Waals surface area contributed by atoms with Gasteiger partial charge in [-0.15, -0.1) is 0 Å². The highest BCUT2D eigenvalue weighted by Gasteiger charge is 2.30. The van der Waals surface area contributed by atoms with Crippen LogP contribution in [0.2, 0.25) is 0 Å². The standard InChI is InChI=1S/C22H27F2N3O/c1-16(22(28)25(2)3)26-12-14-27(15-13-26)21(17-4-8-19(23)9-5-17)18-6-10-20(24)11-7-18/h4-11,16,21H,12-15H2,1-3H3. The van der Waals surface area contributed by atoms with Crippen LogP contribution in [-0.4, -0.2) is 66.9 Å². The summed E-state index contributed by atoms with van der Waals surface area (Å²) in [6.07, 6.45) is 0. The van der Waals surface area contributed by atoms with Crippen molar-refractivity contribution in [2.45, 2.75) is 19.0 Å². The number of rotatable bonds is 5. The summed E-state index contributed by atoms with van der Waals surface area (Å²) < 4.78 is 26.8. The molecule has 28 heavy (non-hydrogen) atoms. The fourth-order valence-electron chi connectivity index (χ4n) is 3.82. The van der Waals surface area contributed by atoms with Gasteiger partial charge < -0.3 is 4.90 Å². The Kier molecular flexibility index (Phi) is 6.42. The van der Waals surface area contributed by atoms with Crippen LogP contribution in [0.4, 0.5) is 8.78 Å². The maximum absolute atomic E-state index is 13.4. The Morgan fingerprint density at radius 1 is 0.821 bits per heavy atom. The van der Waals surface area contributed by atoms with E-state index >= 15 is 0 Å². The molecule has 0 radical (unpaired) electrons. The van der Waals surface area contributed by atoms with Crippen molar-refractivity contribution < 1.29 is 13.6 Å². The van der Waals surface area contributed by atoms with Gasteiger partial charge in [0.1, 0.15) is 11.6 Å². The average molecular weight is 387 g/mol. The molecule has 150 valence electrons. The summed E-state index contributed by atoms with van der Waals surface area (Å²) >= 11 is 0. The van der Waals surface area contributed by atoms with E-state index in [-0.39, 0.29) is 29.6 Å². The number of carbonyl (C=O) groups is 1. The first-order valence-electron chi connectivity index (χ1n) is 9.57. The van der Waals surface area contributed by atoms with Crippen molar-refractivity contribution in [2.24, 2.45) is 0 Å². The van der Waals surface area contributed by atoms with Crippen molar-refractivity contribution in [3.8, 4) is 0 Å². The van der Waals surface area contributed by atoms with Crippen LogP contribution in [0.5, 0.6) is 0 Å². The molecule has 0 N–H and O–H groups in total. The number of hydrogen-bond acceptors (Lipinski definition) is 3. The van der Waals surface area contributed by atoms with E-state index in [4.69, 9.17) is 0 Å². The lowest BCUT2D eigenvalue weighted by molar-refractivity contribution is -0.134. The molecule has 1 heterocycles. The van der Waals surface area contributed by atoms with Crippen molar-refractivity contribution in [1.82, 2.24) is 14.7 Å². The molecule has 1 saturated heterocycles. The zero-order chi connectivity index (χ0) is 20.3. The quantitative estimate of drug-likeness (QED) is 0.789. The molecule has 0 bridgehead atoms. The number of amides is 1. The maximum atomic E-state index is 13.4. The minimum atomic E-state index is -0.276. The number of benzene rings is 2. The molecule has 0 aromatic heterocycles. The molecule has 1 aliphatic rings. The molecular formula is C22H27F2N3O. The van der Waals surface area contributed by atoms with Crippen molar-refractivity contribution >= 4 is 5.91 Å². The van der Waals surface area contributed by atoms with Gasteiger partial charge in [0, 0.05) is 40.3 Å². The zero-order valence-electron chi connectivity index (χ0n) is 16.6. The molecule has 1 unspecified atom stereocenters. The lowest BCUT2D eigenvalue weighted by atomic mass is 9.96. The Labute approximate surface area is 165 Å². The number of carbonyl (C=O) groups excluding carboxylic acids is 1. The predicted molar refractivity (Wildman–Crippen MR) is 106 cm³/mol. The molecule has 1 aliphatic heterocycles. The number of likely N-dealkylation sites (N-methyl/N-ethyl adjacent to an activating group) is 1.